The van der Waals surface area contributed by atoms with E-state index in [2.05, 4.69) is 5.32 Å². The molecule has 1 aromatic carbocycles. The molecular formula is C13H16FNO. The lowest BCUT2D eigenvalue weighted by molar-refractivity contribution is -0.123. The number of benzene rings is 1. The summed E-state index contributed by atoms with van der Waals surface area (Å²) in [6, 6.07) is 6.27. The van der Waals surface area contributed by atoms with Crippen LogP contribution in [0.4, 0.5) is 4.39 Å². The topological polar surface area (TPSA) is 29.1 Å². The first-order valence-electron chi connectivity index (χ1n) is 5.73. The Bertz CT molecular complexity index is 381. The maximum absolute atomic E-state index is 12.8. The largest absolute Gasteiger partial charge is 0.355 e. The Balaban J connectivity index is 2.13. The Kier molecular flexibility index (Phi) is 2.95. The SMILES string of the molecule is CCCNC(=O)C1(c2ccc(F)cc2)CC1. The van der Waals surface area contributed by atoms with Crippen LogP contribution in [0.25, 0.3) is 0 Å². The van der Waals surface area contributed by atoms with E-state index >= 15 is 0 Å². The third-order valence-electron chi connectivity index (χ3n) is 3.12. The number of hydrogen-bond acceptors (Lipinski definition) is 1. The van der Waals surface area contributed by atoms with Gasteiger partial charge in [-0.25, -0.2) is 4.39 Å². The highest BCUT2D eigenvalue weighted by atomic mass is 19.1. The summed E-state index contributed by atoms with van der Waals surface area (Å²) in [4.78, 5) is 12.0. The van der Waals surface area contributed by atoms with Crippen LogP contribution in [0.5, 0.6) is 0 Å². The highest BCUT2D eigenvalue weighted by Gasteiger charge is 2.50. The van der Waals surface area contributed by atoms with Crippen molar-refractivity contribution in [3.63, 3.8) is 0 Å². The van der Waals surface area contributed by atoms with E-state index in [0.717, 1.165) is 24.8 Å². The van der Waals surface area contributed by atoms with E-state index in [4.69, 9.17) is 0 Å². The molecule has 2 nitrogen and oxygen atoms in total. The quantitative estimate of drug-likeness (QED) is 0.831. The average Bonchev–Trinajstić information content (AvgIpc) is 3.08. The normalized spacial score (nSPS) is 16.9. The van der Waals surface area contributed by atoms with Crippen molar-refractivity contribution in [3.05, 3.63) is 35.6 Å². The minimum atomic E-state index is -0.372. The van der Waals surface area contributed by atoms with E-state index in [1.807, 2.05) is 6.92 Å². The molecule has 1 saturated carbocycles. The van der Waals surface area contributed by atoms with Crippen LogP contribution in [0.1, 0.15) is 31.7 Å². The number of rotatable bonds is 4. The van der Waals surface area contributed by atoms with Crippen LogP contribution in [-0.4, -0.2) is 12.5 Å². The van der Waals surface area contributed by atoms with Crippen LogP contribution in [-0.2, 0) is 10.2 Å². The van der Waals surface area contributed by atoms with Gasteiger partial charge >= 0.3 is 0 Å². The molecule has 1 amide bonds. The van der Waals surface area contributed by atoms with Gasteiger partial charge in [0, 0.05) is 6.54 Å². The van der Waals surface area contributed by atoms with Crippen LogP contribution >= 0.6 is 0 Å². The molecule has 1 aliphatic rings. The zero-order valence-corrected chi connectivity index (χ0v) is 9.42. The minimum Gasteiger partial charge on any atom is -0.355 e. The summed E-state index contributed by atoms with van der Waals surface area (Å²) >= 11 is 0. The van der Waals surface area contributed by atoms with Gasteiger partial charge in [0.05, 0.1) is 5.41 Å². The van der Waals surface area contributed by atoms with Gasteiger partial charge in [0.25, 0.3) is 0 Å². The number of hydrogen-bond donors (Lipinski definition) is 1. The lowest BCUT2D eigenvalue weighted by atomic mass is 9.95. The van der Waals surface area contributed by atoms with E-state index in [9.17, 15) is 9.18 Å². The van der Waals surface area contributed by atoms with Gasteiger partial charge in [-0.15, -0.1) is 0 Å². The van der Waals surface area contributed by atoms with Gasteiger partial charge < -0.3 is 5.32 Å². The summed E-state index contributed by atoms with van der Waals surface area (Å²) in [6.07, 6.45) is 2.67. The number of amides is 1. The highest BCUT2D eigenvalue weighted by molar-refractivity contribution is 5.91. The van der Waals surface area contributed by atoms with Crippen molar-refractivity contribution in [3.8, 4) is 0 Å². The molecule has 1 N–H and O–H groups in total. The van der Waals surface area contributed by atoms with Gasteiger partial charge in [-0.05, 0) is 37.0 Å². The summed E-state index contributed by atoms with van der Waals surface area (Å²) in [5.41, 5.74) is 0.561. The molecule has 2 rings (SSSR count). The van der Waals surface area contributed by atoms with Gasteiger partial charge in [-0.1, -0.05) is 19.1 Å². The third-order valence-corrected chi connectivity index (χ3v) is 3.12. The van der Waals surface area contributed by atoms with Gasteiger partial charge in [-0.2, -0.15) is 0 Å². The second kappa shape index (κ2) is 4.24. The molecule has 1 aliphatic carbocycles. The number of carbonyl (C=O) groups excluding carboxylic acids is 1. The van der Waals surface area contributed by atoms with Gasteiger partial charge in [0.15, 0.2) is 0 Å². The Morgan fingerprint density at radius 3 is 2.50 bits per heavy atom. The summed E-state index contributed by atoms with van der Waals surface area (Å²) in [6.45, 7) is 2.74. The molecule has 0 unspecified atom stereocenters. The van der Waals surface area contributed by atoms with Gasteiger partial charge in [0.2, 0.25) is 5.91 Å². The minimum absolute atomic E-state index is 0.0842. The van der Waals surface area contributed by atoms with E-state index in [0.29, 0.717) is 6.54 Å². The lowest BCUT2D eigenvalue weighted by Gasteiger charge is -2.15. The van der Waals surface area contributed by atoms with Crippen molar-refractivity contribution in [2.45, 2.75) is 31.6 Å². The van der Waals surface area contributed by atoms with Crippen LogP contribution in [0.15, 0.2) is 24.3 Å². The average molecular weight is 221 g/mol. The number of nitrogens with one attached hydrogen (secondary N) is 1. The molecule has 3 heteroatoms. The molecule has 0 aliphatic heterocycles. The van der Waals surface area contributed by atoms with Crippen molar-refractivity contribution in [1.29, 1.82) is 0 Å². The third kappa shape index (κ3) is 1.94. The number of carbonyl (C=O) groups is 1. The summed E-state index contributed by atoms with van der Waals surface area (Å²) in [7, 11) is 0. The fraction of sp³-hybridized carbons (Fsp3) is 0.462. The van der Waals surface area contributed by atoms with Gasteiger partial charge in [-0.3, -0.25) is 4.79 Å². The zero-order chi connectivity index (χ0) is 11.6. The van der Waals surface area contributed by atoms with E-state index < -0.39 is 0 Å². The molecule has 0 spiro atoms. The second-order valence-corrected chi connectivity index (χ2v) is 4.34. The standard InChI is InChI=1S/C13H16FNO/c1-2-9-15-12(16)13(7-8-13)10-3-5-11(14)6-4-10/h3-6H,2,7-9H2,1H3,(H,15,16). The zero-order valence-electron chi connectivity index (χ0n) is 9.42. The molecule has 86 valence electrons. The predicted octanol–water partition coefficient (Wildman–Crippen LogP) is 2.38. The molecule has 0 atom stereocenters. The second-order valence-electron chi connectivity index (χ2n) is 4.34. The number of halogens is 1. The monoisotopic (exact) mass is 221 g/mol. The van der Waals surface area contributed by atoms with Crippen LogP contribution < -0.4 is 5.32 Å². The van der Waals surface area contributed by atoms with Crippen molar-refractivity contribution < 1.29 is 9.18 Å². The maximum atomic E-state index is 12.8. The first kappa shape index (κ1) is 11.1. The van der Waals surface area contributed by atoms with Crippen molar-refractivity contribution in [2.75, 3.05) is 6.54 Å². The molecule has 1 fully saturated rings. The Morgan fingerprint density at radius 2 is 2.00 bits per heavy atom. The fourth-order valence-electron chi connectivity index (χ4n) is 1.95. The van der Waals surface area contributed by atoms with Crippen molar-refractivity contribution >= 4 is 5.91 Å². The molecular weight excluding hydrogens is 205 g/mol. The van der Waals surface area contributed by atoms with Crippen LogP contribution in [0.3, 0.4) is 0 Å². The predicted molar refractivity (Wildman–Crippen MR) is 60.6 cm³/mol. The van der Waals surface area contributed by atoms with E-state index in [1.54, 1.807) is 12.1 Å². The first-order valence-corrected chi connectivity index (χ1v) is 5.73. The summed E-state index contributed by atoms with van der Waals surface area (Å²) in [5, 5.41) is 2.92. The fourth-order valence-corrected chi connectivity index (χ4v) is 1.95. The van der Waals surface area contributed by atoms with Crippen molar-refractivity contribution in [2.24, 2.45) is 0 Å². The molecule has 1 aromatic rings. The van der Waals surface area contributed by atoms with Crippen LogP contribution in [0.2, 0.25) is 0 Å². The first-order chi connectivity index (χ1) is 7.69. The molecule has 0 bridgehead atoms. The van der Waals surface area contributed by atoms with Crippen molar-refractivity contribution in [1.82, 2.24) is 5.32 Å². The van der Waals surface area contributed by atoms with E-state index in [1.165, 1.54) is 12.1 Å². The van der Waals surface area contributed by atoms with Crippen LogP contribution in [0, 0.1) is 5.82 Å². The maximum Gasteiger partial charge on any atom is 0.230 e. The van der Waals surface area contributed by atoms with Gasteiger partial charge in [0.1, 0.15) is 5.82 Å². The molecule has 16 heavy (non-hydrogen) atoms. The molecule has 0 saturated heterocycles. The summed E-state index contributed by atoms with van der Waals surface area (Å²) < 4.78 is 12.8. The highest BCUT2D eigenvalue weighted by Crippen LogP contribution is 2.48. The smallest absolute Gasteiger partial charge is 0.230 e. The Morgan fingerprint density at radius 1 is 1.38 bits per heavy atom. The summed E-state index contributed by atoms with van der Waals surface area (Å²) in [5.74, 6) is -0.172. The molecule has 0 radical (unpaired) electrons. The van der Waals surface area contributed by atoms with E-state index in [-0.39, 0.29) is 17.1 Å². The Labute approximate surface area is 94.9 Å². The lowest BCUT2D eigenvalue weighted by Crippen LogP contribution is -2.35. The molecule has 0 aromatic heterocycles. The Hall–Kier alpha value is -1.38. The molecule has 0 heterocycles.